The maximum atomic E-state index is 12.9. The van der Waals surface area contributed by atoms with Crippen LogP contribution in [0.1, 0.15) is 42.5 Å². The predicted octanol–water partition coefficient (Wildman–Crippen LogP) is 2.99. The van der Waals surface area contributed by atoms with Crippen LogP contribution in [0.3, 0.4) is 0 Å². The van der Waals surface area contributed by atoms with Crippen LogP contribution in [-0.4, -0.2) is 46.8 Å². The number of piperazine rings is 1. The van der Waals surface area contributed by atoms with E-state index in [-0.39, 0.29) is 11.3 Å². The summed E-state index contributed by atoms with van der Waals surface area (Å²) in [5, 5.41) is 4.53. The smallest absolute Gasteiger partial charge is 0.272 e. The Hall–Kier alpha value is -2.30. The Morgan fingerprint density at radius 2 is 1.76 bits per heavy atom. The van der Waals surface area contributed by atoms with Crippen molar-refractivity contribution in [2.45, 2.75) is 33.1 Å². The molecule has 1 aromatic carbocycles. The number of benzene rings is 1. The molecule has 0 radical (unpaired) electrons. The maximum Gasteiger partial charge on any atom is 0.272 e. The first kappa shape index (κ1) is 17.5. The normalized spacial score (nSPS) is 15.6. The maximum absolute atomic E-state index is 12.9. The Kier molecular flexibility index (Phi) is 4.58. The fourth-order valence-corrected chi connectivity index (χ4v) is 3.19. The number of anilines is 1. The van der Waals surface area contributed by atoms with Gasteiger partial charge in [-0.1, -0.05) is 32.9 Å². The van der Waals surface area contributed by atoms with Crippen LogP contribution in [0.25, 0.3) is 0 Å². The number of aryl methyl sites for hydroxylation is 2. The predicted molar refractivity (Wildman–Crippen MR) is 101 cm³/mol. The number of hydrogen-bond donors (Lipinski definition) is 0. The van der Waals surface area contributed by atoms with E-state index in [1.54, 1.807) is 4.68 Å². The van der Waals surface area contributed by atoms with Crippen LogP contribution >= 0.6 is 0 Å². The number of amides is 1. The summed E-state index contributed by atoms with van der Waals surface area (Å²) in [6.07, 6.45) is 0. The zero-order valence-corrected chi connectivity index (χ0v) is 15.9. The van der Waals surface area contributed by atoms with Crippen LogP contribution < -0.4 is 4.90 Å². The van der Waals surface area contributed by atoms with Gasteiger partial charge in [0.05, 0.1) is 5.69 Å². The number of hydrogen-bond acceptors (Lipinski definition) is 3. The fraction of sp³-hybridized carbons (Fsp3) is 0.500. The second-order valence-corrected chi connectivity index (χ2v) is 7.91. The van der Waals surface area contributed by atoms with Crippen molar-refractivity contribution in [1.29, 1.82) is 0 Å². The van der Waals surface area contributed by atoms with E-state index in [0.717, 1.165) is 31.9 Å². The van der Waals surface area contributed by atoms with Gasteiger partial charge in [0, 0.05) is 44.3 Å². The second kappa shape index (κ2) is 6.54. The van der Waals surface area contributed by atoms with Gasteiger partial charge in [0.2, 0.25) is 0 Å². The summed E-state index contributed by atoms with van der Waals surface area (Å²) in [6.45, 7) is 11.7. The summed E-state index contributed by atoms with van der Waals surface area (Å²) in [5.41, 5.74) is 4.08. The lowest BCUT2D eigenvalue weighted by Crippen LogP contribution is -2.49. The molecule has 1 saturated heterocycles. The molecule has 2 aromatic rings. The molecule has 134 valence electrons. The second-order valence-electron chi connectivity index (χ2n) is 7.91. The van der Waals surface area contributed by atoms with E-state index in [2.05, 4.69) is 62.0 Å². The van der Waals surface area contributed by atoms with Crippen LogP contribution in [0, 0.1) is 6.92 Å². The van der Waals surface area contributed by atoms with Crippen LogP contribution in [0.2, 0.25) is 0 Å². The Bertz CT molecular complexity index is 764. The molecule has 1 fully saturated rings. The zero-order chi connectivity index (χ0) is 18.2. The Labute approximate surface area is 150 Å². The van der Waals surface area contributed by atoms with Crippen molar-refractivity contribution in [1.82, 2.24) is 14.7 Å². The molecule has 0 unspecified atom stereocenters. The van der Waals surface area contributed by atoms with E-state index < -0.39 is 0 Å². The van der Waals surface area contributed by atoms with Crippen LogP contribution in [0.4, 0.5) is 5.69 Å². The number of rotatable bonds is 2. The van der Waals surface area contributed by atoms with Gasteiger partial charge in [0.25, 0.3) is 5.91 Å². The van der Waals surface area contributed by atoms with Crippen molar-refractivity contribution in [2.24, 2.45) is 7.05 Å². The summed E-state index contributed by atoms with van der Waals surface area (Å²) < 4.78 is 1.72. The molecule has 5 nitrogen and oxygen atoms in total. The summed E-state index contributed by atoms with van der Waals surface area (Å²) >= 11 is 0. The number of carbonyl (C=O) groups is 1. The van der Waals surface area contributed by atoms with Crippen LogP contribution in [0.15, 0.2) is 30.3 Å². The molecule has 0 saturated carbocycles. The van der Waals surface area contributed by atoms with Gasteiger partial charge in [-0.2, -0.15) is 5.10 Å². The lowest BCUT2D eigenvalue weighted by molar-refractivity contribution is 0.0735. The van der Waals surface area contributed by atoms with E-state index in [1.165, 1.54) is 11.3 Å². The monoisotopic (exact) mass is 340 g/mol. The molecular weight excluding hydrogens is 312 g/mol. The summed E-state index contributed by atoms with van der Waals surface area (Å²) in [7, 11) is 1.85. The third-order valence-corrected chi connectivity index (χ3v) is 4.80. The molecule has 1 aliphatic heterocycles. The van der Waals surface area contributed by atoms with E-state index in [9.17, 15) is 4.79 Å². The first-order chi connectivity index (χ1) is 11.8. The number of nitrogens with zero attached hydrogens (tertiary/aromatic N) is 4. The number of carbonyl (C=O) groups excluding carboxylic acids is 1. The minimum atomic E-state index is -0.0554. The van der Waals surface area contributed by atoms with E-state index >= 15 is 0 Å². The van der Waals surface area contributed by atoms with E-state index in [4.69, 9.17) is 0 Å². The van der Waals surface area contributed by atoms with Crippen molar-refractivity contribution in [2.75, 3.05) is 31.1 Å². The average Bonchev–Trinajstić information content (AvgIpc) is 2.96. The van der Waals surface area contributed by atoms with E-state index in [1.807, 2.05) is 18.0 Å². The Morgan fingerprint density at radius 1 is 1.08 bits per heavy atom. The molecule has 0 atom stereocenters. The third kappa shape index (κ3) is 3.70. The summed E-state index contributed by atoms with van der Waals surface area (Å²) in [5.74, 6) is 0.0781. The topological polar surface area (TPSA) is 41.4 Å². The molecule has 1 aromatic heterocycles. The molecule has 1 amide bonds. The average molecular weight is 340 g/mol. The minimum Gasteiger partial charge on any atom is -0.368 e. The fourth-order valence-electron chi connectivity index (χ4n) is 3.19. The molecule has 0 bridgehead atoms. The largest absolute Gasteiger partial charge is 0.368 e. The first-order valence-corrected chi connectivity index (χ1v) is 8.91. The Balaban J connectivity index is 1.69. The van der Waals surface area contributed by atoms with Crippen molar-refractivity contribution < 1.29 is 4.79 Å². The third-order valence-electron chi connectivity index (χ3n) is 4.80. The lowest BCUT2D eigenvalue weighted by Gasteiger charge is -2.36. The highest BCUT2D eigenvalue weighted by Gasteiger charge is 2.27. The molecule has 2 heterocycles. The van der Waals surface area contributed by atoms with Gasteiger partial charge in [-0.3, -0.25) is 9.48 Å². The van der Waals surface area contributed by atoms with Crippen molar-refractivity contribution in [3.8, 4) is 0 Å². The molecule has 25 heavy (non-hydrogen) atoms. The van der Waals surface area contributed by atoms with Crippen molar-refractivity contribution in [3.63, 3.8) is 0 Å². The SMILES string of the molecule is Cc1cccc(N2CCN(C(=O)c3cc(C(C)(C)C)nn3C)CC2)c1. The number of aromatic nitrogens is 2. The van der Waals surface area contributed by atoms with Gasteiger partial charge in [-0.15, -0.1) is 0 Å². The van der Waals surface area contributed by atoms with Gasteiger partial charge >= 0.3 is 0 Å². The summed E-state index contributed by atoms with van der Waals surface area (Å²) in [4.78, 5) is 17.2. The zero-order valence-electron chi connectivity index (χ0n) is 15.9. The standard InChI is InChI=1S/C20H28N4O/c1-15-7-6-8-16(13-15)23-9-11-24(12-10-23)19(25)17-14-18(20(2,3)4)21-22(17)5/h6-8,13-14H,9-12H2,1-5H3. The minimum absolute atomic E-state index is 0.0554. The van der Waals surface area contributed by atoms with Gasteiger partial charge in [-0.25, -0.2) is 0 Å². The van der Waals surface area contributed by atoms with Gasteiger partial charge in [0.15, 0.2) is 0 Å². The van der Waals surface area contributed by atoms with Crippen LogP contribution in [0.5, 0.6) is 0 Å². The van der Waals surface area contributed by atoms with Gasteiger partial charge < -0.3 is 9.80 Å². The van der Waals surface area contributed by atoms with Crippen molar-refractivity contribution >= 4 is 11.6 Å². The highest BCUT2D eigenvalue weighted by atomic mass is 16.2. The molecule has 0 aliphatic carbocycles. The highest BCUT2D eigenvalue weighted by Crippen LogP contribution is 2.23. The van der Waals surface area contributed by atoms with Crippen molar-refractivity contribution in [3.05, 3.63) is 47.3 Å². The molecule has 5 heteroatoms. The van der Waals surface area contributed by atoms with E-state index in [0.29, 0.717) is 5.69 Å². The molecule has 0 N–H and O–H groups in total. The molecule has 0 spiro atoms. The molecule has 1 aliphatic rings. The lowest BCUT2D eigenvalue weighted by atomic mass is 9.92. The van der Waals surface area contributed by atoms with Gasteiger partial charge in [-0.05, 0) is 30.7 Å². The molecule has 3 rings (SSSR count). The first-order valence-electron chi connectivity index (χ1n) is 8.91. The highest BCUT2D eigenvalue weighted by molar-refractivity contribution is 5.93. The van der Waals surface area contributed by atoms with Crippen LogP contribution in [-0.2, 0) is 12.5 Å². The Morgan fingerprint density at radius 3 is 2.32 bits per heavy atom. The van der Waals surface area contributed by atoms with Gasteiger partial charge in [0.1, 0.15) is 5.69 Å². The quantitative estimate of drug-likeness (QED) is 0.844. The summed E-state index contributed by atoms with van der Waals surface area (Å²) in [6, 6.07) is 10.5. The molecular formula is C20H28N4O.